The molecular weight excluding hydrogens is 226 g/mol. The van der Waals surface area contributed by atoms with E-state index in [0.29, 0.717) is 6.04 Å². The quantitative estimate of drug-likeness (QED) is 0.663. The lowest BCUT2D eigenvalue weighted by Crippen LogP contribution is -2.14. The molecule has 1 aromatic carbocycles. The monoisotopic (exact) mass is 251 g/mol. The van der Waals surface area contributed by atoms with Crippen LogP contribution < -0.4 is 10.1 Å². The SMILES string of the molecule is CCC(NC)c1ccc(OCCCCCO)cc1. The third kappa shape index (κ3) is 5.07. The summed E-state index contributed by atoms with van der Waals surface area (Å²) in [6, 6.07) is 8.72. The van der Waals surface area contributed by atoms with E-state index in [4.69, 9.17) is 9.84 Å². The van der Waals surface area contributed by atoms with Crippen molar-refractivity contribution in [2.24, 2.45) is 0 Å². The summed E-state index contributed by atoms with van der Waals surface area (Å²) >= 11 is 0. The Balaban J connectivity index is 2.35. The molecule has 1 aromatic rings. The minimum absolute atomic E-state index is 0.275. The minimum Gasteiger partial charge on any atom is -0.494 e. The van der Waals surface area contributed by atoms with Crippen molar-refractivity contribution in [3.8, 4) is 5.75 Å². The van der Waals surface area contributed by atoms with Crippen LogP contribution in [0, 0.1) is 0 Å². The van der Waals surface area contributed by atoms with Crippen LogP contribution in [0.4, 0.5) is 0 Å². The van der Waals surface area contributed by atoms with Gasteiger partial charge in [0.25, 0.3) is 0 Å². The number of hydrogen-bond donors (Lipinski definition) is 2. The van der Waals surface area contributed by atoms with Crippen molar-refractivity contribution in [1.29, 1.82) is 0 Å². The van der Waals surface area contributed by atoms with Gasteiger partial charge in [0.1, 0.15) is 5.75 Å². The standard InChI is InChI=1S/C15H25NO2/c1-3-15(16-2)13-7-9-14(10-8-13)18-12-6-4-5-11-17/h7-10,15-17H,3-6,11-12H2,1-2H3. The highest BCUT2D eigenvalue weighted by Crippen LogP contribution is 2.19. The topological polar surface area (TPSA) is 41.5 Å². The first-order valence-corrected chi connectivity index (χ1v) is 6.82. The van der Waals surface area contributed by atoms with Crippen molar-refractivity contribution in [2.75, 3.05) is 20.3 Å². The second kappa shape index (κ2) is 8.95. The van der Waals surface area contributed by atoms with Gasteiger partial charge in [-0.2, -0.15) is 0 Å². The Morgan fingerprint density at radius 3 is 2.44 bits per heavy atom. The molecule has 2 N–H and O–H groups in total. The Morgan fingerprint density at radius 1 is 1.17 bits per heavy atom. The number of aliphatic hydroxyl groups excluding tert-OH is 1. The molecular formula is C15H25NO2. The molecule has 0 aromatic heterocycles. The van der Waals surface area contributed by atoms with Gasteiger partial charge in [-0.25, -0.2) is 0 Å². The largest absolute Gasteiger partial charge is 0.494 e. The normalized spacial score (nSPS) is 12.4. The average Bonchev–Trinajstić information content (AvgIpc) is 2.41. The number of rotatable bonds is 9. The van der Waals surface area contributed by atoms with Crippen LogP contribution in [0.25, 0.3) is 0 Å². The van der Waals surface area contributed by atoms with Crippen LogP contribution in [0.15, 0.2) is 24.3 Å². The Kier molecular flexibility index (Phi) is 7.46. The van der Waals surface area contributed by atoms with Crippen molar-refractivity contribution in [3.63, 3.8) is 0 Å². The Morgan fingerprint density at radius 2 is 1.89 bits per heavy atom. The lowest BCUT2D eigenvalue weighted by molar-refractivity contribution is 0.266. The molecule has 0 amide bonds. The van der Waals surface area contributed by atoms with Gasteiger partial charge < -0.3 is 15.2 Å². The molecule has 18 heavy (non-hydrogen) atoms. The van der Waals surface area contributed by atoms with E-state index in [2.05, 4.69) is 24.4 Å². The summed E-state index contributed by atoms with van der Waals surface area (Å²) in [6.07, 6.45) is 3.96. The van der Waals surface area contributed by atoms with Gasteiger partial charge in [-0.05, 0) is 50.4 Å². The Bertz CT molecular complexity index is 307. The highest BCUT2D eigenvalue weighted by molar-refractivity contribution is 5.29. The molecule has 1 unspecified atom stereocenters. The molecule has 0 heterocycles. The lowest BCUT2D eigenvalue weighted by atomic mass is 10.0. The number of nitrogens with one attached hydrogen (secondary N) is 1. The van der Waals surface area contributed by atoms with Gasteiger partial charge in [-0.1, -0.05) is 19.1 Å². The highest BCUT2D eigenvalue weighted by Gasteiger charge is 2.05. The van der Waals surface area contributed by atoms with E-state index in [1.807, 2.05) is 19.2 Å². The van der Waals surface area contributed by atoms with Gasteiger partial charge in [0.05, 0.1) is 6.61 Å². The summed E-state index contributed by atoms with van der Waals surface area (Å²) in [5, 5.41) is 12.0. The minimum atomic E-state index is 0.275. The number of aliphatic hydroxyl groups is 1. The number of benzene rings is 1. The van der Waals surface area contributed by atoms with Gasteiger partial charge in [0, 0.05) is 12.6 Å². The summed E-state index contributed by atoms with van der Waals surface area (Å²) in [7, 11) is 1.99. The van der Waals surface area contributed by atoms with Gasteiger partial charge in [0.2, 0.25) is 0 Å². The molecule has 0 aliphatic carbocycles. The fraction of sp³-hybridized carbons (Fsp3) is 0.600. The number of unbranched alkanes of at least 4 members (excludes halogenated alkanes) is 2. The van der Waals surface area contributed by atoms with Crippen LogP contribution >= 0.6 is 0 Å². The van der Waals surface area contributed by atoms with Crippen molar-refractivity contribution >= 4 is 0 Å². The van der Waals surface area contributed by atoms with Gasteiger partial charge in [-0.15, -0.1) is 0 Å². The molecule has 0 radical (unpaired) electrons. The van der Waals surface area contributed by atoms with Crippen molar-refractivity contribution < 1.29 is 9.84 Å². The molecule has 3 nitrogen and oxygen atoms in total. The molecule has 0 aliphatic rings. The zero-order valence-corrected chi connectivity index (χ0v) is 11.5. The molecule has 1 atom stereocenters. The van der Waals surface area contributed by atoms with E-state index in [0.717, 1.165) is 38.0 Å². The van der Waals surface area contributed by atoms with Crippen LogP contribution in [-0.4, -0.2) is 25.4 Å². The second-order valence-electron chi connectivity index (χ2n) is 4.45. The third-order valence-electron chi connectivity index (χ3n) is 3.11. The van der Waals surface area contributed by atoms with Gasteiger partial charge in [-0.3, -0.25) is 0 Å². The van der Waals surface area contributed by atoms with Crippen molar-refractivity contribution in [3.05, 3.63) is 29.8 Å². The lowest BCUT2D eigenvalue weighted by Gasteiger charge is -2.14. The second-order valence-corrected chi connectivity index (χ2v) is 4.45. The maximum absolute atomic E-state index is 8.67. The third-order valence-corrected chi connectivity index (χ3v) is 3.11. The fourth-order valence-electron chi connectivity index (χ4n) is 1.98. The first kappa shape index (κ1) is 15.0. The van der Waals surface area contributed by atoms with Gasteiger partial charge in [0.15, 0.2) is 0 Å². The van der Waals surface area contributed by atoms with Gasteiger partial charge >= 0.3 is 0 Å². The maximum atomic E-state index is 8.67. The summed E-state index contributed by atoms with van der Waals surface area (Å²) < 4.78 is 5.65. The van der Waals surface area contributed by atoms with E-state index in [9.17, 15) is 0 Å². The average molecular weight is 251 g/mol. The number of hydrogen-bond acceptors (Lipinski definition) is 3. The molecule has 102 valence electrons. The maximum Gasteiger partial charge on any atom is 0.119 e. The first-order valence-electron chi connectivity index (χ1n) is 6.82. The fourth-order valence-corrected chi connectivity index (χ4v) is 1.98. The molecule has 0 bridgehead atoms. The molecule has 3 heteroatoms. The summed E-state index contributed by atoms with van der Waals surface area (Å²) in [5.41, 5.74) is 1.30. The van der Waals surface area contributed by atoms with Crippen LogP contribution in [-0.2, 0) is 0 Å². The van der Waals surface area contributed by atoms with E-state index in [1.54, 1.807) is 0 Å². The smallest absolute Gasteiger partial charge is 0.119 e. The molecule has 0 saturated heterocycles. The highest BCUT2D eigenvalue weighted by atomic mass is 16.5. The predicted molar refractivity (Wildman–Crippen MR) is 75.0 cm³/mol. The summed E-state index contributed by atoms with van der Waals surface area (Å²) in [4.78, 5) is 0. The Labute approximate surface area is 110 Å². The van der Waals surface area contributed by atoms with Crippen LogP contribution in [0.5, 0.6) is 5.75 Å². The van der Waals surface area contributed by atoms with E-state index in [1.165, 1.54) is 5.56 Å². The van der Waals surface area contributed by atoms with Crippen molar-refractivity contribution in [1.82, 2.24) is 5.32 Å². The molecule has 0 fully saturated rings. The predicted octanol–water partition coefficient (Wildman–Crippen LogP) is 2.90. The Hall–Kier alpha value is -1.06. The van der Waals surface area contributed by atoms with Crippen LogP contribution in [0.1, 0.15) is 44.2 Å². The molecule has 0 spiro atoms. The van der Waals surface area contributed by atoms with Crippen LogP contribution in [0.2, 0.25) is 0 Å². The molecule has 1 rings (SSSR count). The zero-order valence-electron chi connectivity index (χ0n) is 11.5. The summed E-state index contributed by atoms with van der Waals surface area (Å²) in [6.45, 7) is 3.17. The van der Waals surface area contributed by atoms with Crippen molar-refractivity contribution in [2.45, 2.75) is 38.6 Å². The van der Waals surface area contributed by atoms with E-state index < -0.39 is 0 Å². The van der Waals surface area contributed by atoms with E-state index in [-0.39, 0.29) is 6.61 Å². The van der Waals surface area contributed by atoms with E-state index >= 15 is 0 Å². The first-order chi connectivity index (χ1) is 8.81. The summed E-state index contributed by atoms with van der Waals surface area (Å²) in [5.74, 6) is 0.925. The molecule has 0 aliphatic heterocycles. The molecule has 0 saturated carbocycles. The number of ether oxygens (including phenoxy) is 1. The zero-order chi connectivity index (χ0) is 13.2. The van der Waals surface area contributed by atoms with Crippen LogP contribution in [0.3, 0.4) is 0 Å².